The summed E-state index contributed by atoms with van der Waals surface area (Å²) in [6.45, 7) is 3.83. The zero-order valence-corrected chi connectivity index (χ0v) is 12.6. The number of anilines is 1. The molecule has 0 aliphatic rings. The van der Waals surface area contributed by atoms with E-state index in [9.17, 15) is 0 Å². The Morgan fingerprint density at radius 3 is 2.95 bits per heavy atom. The smallest absolute Gasteiger partial charge is 0.128 e. The predicted octanol–water partition coefficient (Wildman–Crippen LogP) is 4.11. The Hall–Kier alpha value is -2.07. The summed E-state index contributed by atoms with van der Waals surface area (Å²) < 4.78 is 2.17. The van der Waals surface area contributed by atoms with Gasteiger partial charge in [-0.1, -0.05) is 18.5 Å². The van der Waals surface area contributed by atoms with Crippen LogP contribution < -0.4 is 5.32 Å². The van der Waals surface area contributed by atoms with Crippen LogP contribution >= 0.6 is 11.6 Å². The van der Waals surface area contributed by atoms with E-state index in [4.69, 9.17) is 11.6 Å². The van der Waals surface area contributed by atoms with Crippen molar-refractivity contribution in [1.82, 2.24) is 14.5 Å². The minimum Gasteiger partial charge on any atom is -0.377 e. The maximum Gasteiger partial charge on any atom is 0.128 e. The predicted molar refractivity (Wildman–Crippen MR) is 86.6 cm³/mol. The van der Waals surface area contributed by atoms with Crippen molar-refractivity contribution in [1.29, 1.82) is 0 Å². The molecule has 3 rings (SSSR count). The van der Waals surface area contributed by atoms with Crippen LogP contribution in [0.5, 0.6) is 0 Å². The van der Waals surface area contributed by atoms with Crippen molar-refractivity contribution in [2.24, 2.45) is 0 Å². The maximum absolute atomic E-state index is 6.19. The fourth-order valence-corrected chi connectivity index (χ4v) is 2.63. The third kappa shape index (κ3) is 2.85. The van der Waals surface area contributed by atoms with Gasteiger partial charge < -0.3 is 9.88 Å². The minimum absolute atomic E-state index is 0.670. The first-order chi connectivity index (χ1) is 10.3. The highest BCUT2D eigenvalue weighted by atomic mass is 35.5. The van der Waals surface area contributed by atoms with Crippen molar-refractivity contribution >= 4 is 28.2 Å². The molecule has 0 spiro atoms. The Labute approximate surface area is 128 Å². The van der Waals surface area contributed by atoms with E-state index < -0.39 is 0 Å². The topological polar surface area (TPSA) is 42.7 Å². The van der Waals surface area contributed by atoms with Crippen molar-refractivity contribution in [2.75, 3.05) is 5.32 Å². The molecule has 3 aromatic rings. The van der Waals surface area contributed by atoms with Crippen LogP contribution in [0.2, 0.25) is 5.02 Å². The molecule has 5 heteroatoms. The van der Waals surface area contributed by atoms with Crippen molar-refractivity contribution in [3.63, 3.8) is 0 Å². The number of pyridine rings is 1. The molecule has 1 aromatic carbocycles. The molecular weight excluding hydrogens is 284 g/mol. The zero-order valence-electron chi connectivity index (χ0n) is 11.9. The van der Waals surface area contributed by atoms with Gasteiger partial charge in [-0.05, 0) is 30.7 Å². The number of aryl methyl sites for hydroxylation is 1. The molecule has 0 saturated heterocycles. The van der Waals surface area contributed by atoms with Gasteiger partial charge in [0, 0.05) is 36.2 Å². The van der Waals surface area contributed by atoms with Gasteiger partial charge >= 0.3 is 0 Å². The van der Waals surface area contributed by atoms with Crippen LogP contribution in [-0.4, -0.2) is 14.5 Å². The van der Waals surface area contributed by atoms with Crippen LogP contribution in [0.3, 0.4) is 0 Å². The molecule has 108 valence electrons. The zero-order chi connectivity index (χ0) is 14.7. The van der Waals surface area contributed by atoms with Gasteiger partial charge in [-0.2, -0.15) is 0 Å². The van der Waals surface area contributed by atoms with Crippen LogP contribution in [0, 0.1) is 0 Å². The summed E-state index contributed by atoms with van der Waals surface area (Å²) >= 11 is 6.19. The maximum atomic E-state index is 6.19. The number of hydrogen-bond acceptors (Lipinski definition) is 3. The SMILES string of the molecule is CCCn1ccnc1CNc1ccc(Cl)c2ncccc12. The van der Waals surface area contributed by atoms with E-state index in [1.165, 1.54) is 0 Å². The molecule has 2 aromatic heterocycles. The summed E-state index contributed by atoms with van der Waals surface area (Å²) in [5.74, 6) is 1.03. The Morgan fingerprint density at radius 1 is 1.19 bits per heavy atom. The second-order valence-electron chi connectivity index (χ2n) is 4.88. The molecule has 0 amide bonds. The van der Waals surface area contributed by atoms with E-state index in [1.807, 2.05) is 36.7 Å². The van der Waals surface area contributed by atoms with E-state index >= 15 is 0 Å². The number of nitrogens with one attached hydrogen (secondary N) is 1. The first kappa shape index (κ1) is 13.9. The van der Waals surface area contributed by atoms with E-state index in [0.29, 0.717) is 11.6 Å². The fraction of sp³-hybridized carbons (Fsp3) is 0.250. The number of halogens is 1. The number of aromatic nitrogens is 3. The fourth-order valence-electron chi connectivity index (χ4n) is 2.42. The van der Waals surface area contributed by atoms with Gasteiger partial charge in [0.2, 0.25) is 0 Å². The van der Waals surface area contributed by atoms with Gasteiger partial charge in [0.1, 0.15) is 5.82 Å². The highest BCUT2D eigenvalue weighted by Gasteiger charge is 2.07. The molecular formula is C16H17ClN4. The lowest BCUT2D eigenvalue weighted by Crippen LogP contribution is -2.08. The summed E-state index contributed by atoms with van der Waals surface area (Å²) in [7, 11) is 0. The van der Waals surface area contributed by atoms with E-state index in [2.05, 4.69) is 26.8 Å². The third-order valence-electron chi connectivity index (χ3n) is 3.42. The lowest BCUT2D eigenvalue weighted by molar-refractivity contribution is 0.644. The summed E-state index contributed by atoms with van der Waals surface area (Å²) in [5, 5.41) is 5.13. The van der Waals surface area contributed by atoms with Gasteiger partial charge in [-0.3, -0.25) is 4.98 Å². The van der Waals surface area contributed by atoms with Crippen LogP contribution in [-0.2, 0) is 13.1 Å². The molecule has 0 aliphatic carbocycles. The Kier molecular flexibility index (Phi) is 4.06. The number of benzene rings is 1. The highest BCUT2D eigenvalue weighted by Crippen LogP contribution is 2.28. The van der Waals surface area contributed by atoms with Crippen LogP contribution in [0.25, 0.3) is 10.9 Å². The molecule has 0 atom stereocenters. The second-order valence-corrected chi connectivity index (χ2v) is 5.29. The van der Waals surface area contributed by atoms with Crippen molar-refractivity contribution in [3.8, 4) is 0 Å². The number of hydrogen-bond donors (Lipinski definition) is 1. The molecule has 0 radical (unpaired) electrons. The molecule has 0 saturated carbocycles. The molecule has 0 unspecified atom stereocenters. The van der Waals surface area contributed by atoms with Gasteiger partial charge in [0.25, 0.3) is 0 Å². The lowest BCUT2D eigenvalue weighted by atomic mass is 10.2. The lowest BCUT2D eigenvalue weighted by Gasteiger charge is -2.11. The van der Waals surface area contributed by atoms with Gasteiger partial charge in [0.15, 0.2) is 0 Å². The van der Waals surface area contributed by atoms with Crippen molar-refractivity contribution in [3.05, 3.63) is 53.7 Å². The summed E-state index contributed by atoms with van der Waals surface area (Å²) in [4.78, 5) is 8.75. The van der Waals surface area contributed by atoms with Crippen molar-refractivity contribution < 1.29 is 0 Å². The van der Waals surface area contributed by atoms with E-state index in [0.717, 1.165) is 35.4 Å². The Balaban J connectivity index is 1.85. The Bertz CT molecular complexity index is 751. The molecule has 1 N–H and O–H groups in total. The first-order valence-electron chi connectivity index (χ1n) is 7.06. The average molecular weight is 301 g/mol. The number of rotatable bonds is 5. The highest BCUT2D eigenvalue weighted by molar-refractivity contribution is 6.35. The minimum atomic E-state index is 0.670. The molecule has 0 aliphatic heterocycles. The van der Waals surface area contributed by atoms with E-state index in [-0.39, 0.29) is 0 Å². The quantitative estimate of drug-likeness (QED) is 0.771. The van der Waals surface area contributed by atoms with Crippen molar-refractivity contribution in [2.45, 2.75) is 26.4 Å². The third-order valence-corrected chi connectivity index (χ3v) is 3.73. The second kappa shape index (κ2) is 6.14. The summed E-state index contributed by atoms with van der Waals surface area (Å²) in [5.41, 5.74) is 1.84. The summed E-state index contributed by atoms with van der Waals surface area (Å²) in [6, 6.07) is 7.80. The molecule has 4 nitrogen and oxygen atoms in total. The molecule has 21 heavy (non-hydrogen) atoms. The molecule has 0 fully saturated rings. The number of imidazole rings is 1. The average Bonchev–Trinajstić information content (AvgIpc) is 2.95. The van der Waals surface area contributed by atoms with Crippen LogP contribution in [0.1, 0.15) is 19.2 Å². The largest absolute Gasteiger partial charge is 0.377 e. The van der Waals surface area contributed by atoms with Crippen LogP contribution in [0.15, 0.2) is 42.9 Å². The molecule has 2 heterocycles. The Morgan fingerprint density at radius 2 is 2.10 bits per heavy atom. The molecule has 0 bridgehead atoms. The number of fused-ring (bicyclic) bond motifs is 1. The normalized spacial score (nSPS) is 11.0. The van der Waals surface area contributed by atoms with Gasteiger partial charge in [-0.15, -0.1) is 0 Å². The number of nitrogens with zero attached hydrogens (tertiary/aromatic N) is 3. The monoisotopic (exact) mass is 300 g/mol. The standard InChI is InChI=1S/C16H17ClN4/c1-2-9-21-10-8-18-15(21)11-20-14-6-5-13(17)16-12(14)4-3-7-19-16/h3-8,10,20H,2,9,11H2,1H3. The van der Waals surface area contributed by atoms with E-state index in [1.54, 1.807) is 6.20 Å². The van der Waals surface area contributed by atoms with Gasteiger partial charge in [0.05, 0.1) is 17.1 Å². The first-order valence-corrected chi connectivity index (χ1v) is 7.44. The van der Waals surface area contributed by atoms with Gasteiger partial charge in [-0.25, -0.2) is 4.98 Å². The van der Waals surface area contributed by atoms with Crippen LogP contribution in [0.4, 0.5) is 5.69 Å². The summed E-state index contributed by atoms with van der Waals surface area (Å²) in [6.07, 6.45) is 6.71.